The van der Waals surface area contributed by atoms with Crippen LogP contribution in [0.5, 0.6) is 0 Å². The first kappa shape index (κ1) is 17.8. The number of hydrogen-bond donors (Lipinski definition) is 0. The Labute approximate surface area is 170 Å². The lowest BCUT2D eigenvalue weighted by Gasteiger charge is -2.30. The molecule has 5 rings (SSSR count). The second-order valence-corrected chi connectivity index (χ2v) is 7.90. The average molecular weight is 406 g/mol. The number of halogens is 2. The fourth-order valence-corrected chi connectivity index (χ4v) is 4.64. The molecule has 4 aromatic rings. The Kier molecular flexibility index (Phi) is 4.28. The van der Waals surface area contributed by atoms with Gasteiger partial charge in [0, 0.05) is 24.5 Å². The zero-order valence-corrected chi connectivity index (χ0v) is 16.1. The van der Waals surface area contributed by atoms with Gasteiger partial charge in [-0.2, -0.15) is 0 Å². The van der Waals surface area contributed by atoms with Crippen molar-refractivity contribution >= 4 is 17.2 Å². The molecule has 0 radical (unpaired) electrons. The van der Waals surface area contributed by atoms with Crippen LogP contribution in [-0.2, 0) is 6.54 Å². The number of carbonyl (C=O) groups is 1. The van der Waals surface area contributed by atoms with E-state index in [-0.39, 0.29) is 5.91 Å². The maximum absolute atomic E-state index is 14.1. The van der Waals surface area contributed by atoms with Crippen molar-refractivity contribution in [2.45, 2.75) is 12.6 Å². The number of aromatic nitrogens is 1. The predicted molar refractivity (Wildman–Crippen MR) is 108 cm³/mol. The molecule has 0 spiro atoms. The van der Waals surface area contributed by atoms with Crippen LogP contribution in [-0.4, -0.2) is 15.4 Å². The Balaban J connectivity index is 1.75. The number of nitrogens with zero attached hydrogens (tertiary/aromatic N) is 2. The summed E-state index contributed by atoms with van der Waals surface area (Å²) in [5.74, 6) is -1.49. The highest BCUT2D eigenvalue weighted by atomic mass is 32.1. The van der Waals surface area contributed by atoms with Crippen molar-refractivity contribution in [2.75, 3.05) is 0 Å². The highest BCUT2D eigenvalue weighted by Gasteiger charge is 2.34. The predicted octanol–water partition coefficient (Wildman–Crippen LogP) is 5.56. The van der Waals surface area contributed by atoms with E-state index in [2.05, 4.69) is 0 Å². The molecule has 144 valence electrons. The highest BCUT2D eigenvalue weighted by Crippen LogP contribution is 2.38. The van der Waals surface area contributed by atoms with E-state index in [4.69, 9.17) is 0 Å². The summed E-state index contributed by atoms with van der Waals surface area (Å²) < 4.78 is 30.2. The van der Waals surface area contributed by atoms with Gasteiger partial charge < -0.3 is 9.47 Å². The number of fused-ring (bicyclic) bond motifs is 3. The van der Waals surface area contributed by atoms with Crippen molar-refractivity contribution in [2.24, 2.45) is 0 Å². The fourth-order valence-electron chi connectivity index (χ4n) is 3.96. The molecule has 1 atom stereocenters. The van der Waals surface area contributed by atoms with Crippen molar-refractivity contribution in [1.29, 1.82) is 0 Å². The molecule has 3 nitrogen and oxygen atoms in total. The number of rotatable bonds is 2. The van der Waals surface area contributed by atoms with E-state index in [0.29, 0.717) is 17.0 Å². The maximum atomic E-state index is 14.1. The lowest BCUT2D eigenvalue weighted by atomic mass is 10.0. The van der Waals surface area contributed by atoms with Gasteiger partial charge in [-0.25, -0.2) is 8.78 Å². The zero-order valence-electron chi connectivity index (χ0n) is 15.3. The monoisotopic (exact) mass is 406 g/mol. The molecule has 1 aliphatic heterocycles. The van der Waals surface area contributed by atoms with Crippen molar-refractivity contribution in [3.05, 3.63) is 112 Å². The normalized spacial score (nSPS) is 15.5. The number of carbonyl (C=O) groups excluding carboxylic acids is 1. The molecule has 0 bridgehead atoms. The molecule has 0 saturated carbocycles. The van der Waals surface area contributed by atoms with E-state index < -0.39 is 17.7 Å². The van der Waals surface area contributed by atoms with Gasteiger partial charge in [0.2, 0.25) is 0 Å². The molecule has 0 N–H and O–H groups in total. The maximum Gasteiger partial charge on any atom is 0.265 e. The summed E-state index contributed by atoms with van der Waals surface area (Å²) in [4.78, 5) is 15.7. The quantitative estimate of drug-likeness (QED) is 0.428. The molecule has 1 aliphatic rings. The molecule has 0 saturated heterocycles. The first-order valence-corrected chi connectivity index (χ1v) is 10.1. The standard InChI is InChI=1S/C23H16F2N2OS/c24-17-11-16(12-18(25)13-17)22-20-7-3-9-26(20)19-6-2-1-5-15(19)14-27(22)23(28)21-8-4-10-29-21/h1-13,22H,14H2/t22-/m0/s1. The van der Waals surface area contributed by atoms with Crippen LogP contribution in [0.1, 0.15) is 32.5 Å². The first-order valence-electron chi connectivity index (χ1n) is 9.18. The van der Waals surface area contributed by atoms with Crippen LogP contribution < -0.4 is 0 Å². The van der Waals surface area contributed by atoms with Crippen LogP contribution in [0, 0.1) is 11.6 Å². The van der Waals surface area contributed by atoms with Crippen LogP contribution in [0.3, 0.4) is 0 Å². The number of benzene rings is 2. The number of thiophene rings is 1. The summed E-state index contributed by atoms with van der Waals surface area (Å²) in [6.07, 6.45) is 1.91. The second kappa shape index (κ2) is 6.97. The molecule has 6 heteroatoms. The van der Waals surface area contributed by atoms with E-state index in [1.54, 1.807) is 11.0 Å². The minimum absolute atomic E-state index is 0.167. The Morgan fingerprint density at radius 2 is 1.76 bits per heavy atom. The van der Waals surface area contributed by atoms with Crippen molar-refractivity contribution in [3.8, 4) is 5.69 Å². The van der Waals surface area contributed by atoms with Gasteiger partial charge in [0.25, 0.3) is 5.91 Å². The second-order valence-electron chi connectivity index (χ2n) is 6.95. The smallest absolute Gasteiger partial charge is 0.265 e. The van der Waals surface area contributed by atoms with Gasteiger partial charge in [-0.05, 0) is 52.9 Å². The minimum Gasteiger partial charge on any atom is -0.321 e. The molecule has 3 heterocycles. The molecule has 0 unspecified atom stereocenters. The molecule has 0 aliphatic carbocycles. The number of amides is 1. The summed E-state index contributed by atoms with van der Waals surface area (Å²) in [7, 11) is 0. The van der Waals surface area contributed by atoms with E-state index in [9.17, 15) is 13.6 Å². The largest absolute Gasteiger partial charge is 0.321 e. The van der Waals surface area contributed by atoms with Gasteiger partial charge in [-0.15, -0.1) is 11.3 Å². The van der Waals surface area contributed by atoms with Gasteiger partial charge in [0.05, 0.1) is 16.6 Å². The van der Waals surface area contributed by atoms with Crippen LogP contribution in [0.2, 0.25) is 0 Å². The molecule has 29 heavy (non-hydrogen) atoms. The van der Waals surface area contributed by atoms with Gasteiger partial charge in [-0.3, -0.25) is 4.79 Å². The van der Waals surface area contributed by atoms with Crippen molar-refractivity contribution in [3.63, 3.8) is 0 Å². The Hall–Kier alpha value is -3.25. The van der Waals surface area contributed by atoms with Crippen LogP contribution in [0.25, 0.3) is 5.69 Å². The third kappa shape index (κ3) is 3.06. The van der Waals surface area contributed by atoms with E-state index in [1.165, 1.54) is 23.5 Å². The van der Waals surface area contributed by atoms with Gasteiger partial charge in [-0.1, -0.05) is 24.3 Å². The Bertz CT molecular complexity index is 1180. The summed E-state index contributed by atoms with van der Waals surface area (Å²) in [5, 5.41) is 1.85. The fraction of sp³-hybridized carbons (Fsp3) is 0.0870. The Morgan fingerprint density at radius 1 is 0.966 bits per heavy atom. The van der Waals surface area contributed by atoms with Crippen LogP contribution >= 0.6 is 11.3 Å². The lowest BCUT2D eigenvalue weighted by Crippen LogP contribution is -2.34. The number of hydrogen-bond acceptors (Lipinski definition) is 2. The third-order valence-electron chi connectivity index (χ3n) is 5.16. The van der Waals surface area contributed by atoms with Gasteiger partial charge >= 0.3 is 0 Å². The molecule has 2 aromatic carbocycles. The molecule has 2 aromatic heterocycles. The van der Waals surface area contributed by atoms with E-state index in [0.717, 1.165) is 23.0 Å². The van der Waals surface area contributed by atoms with Crippen molar-refractivity contribution in [1.82, 2.24) is 9.47 Å². The summed E-state index contributed by atoms with van der Waals surface area (Å²) >= 11 is 1.35. The average Bonchev–Trinajstić information content (AvgIpc) is 3.37. The Morgan fingerprint density at radius 3 is 2.52 bits per heavy atom. The summed E-state index contributed by atoms with van der Waals surface area (Å²) in [5.41, 5.74) is 3.11. The molecular formula is C23H16F2N2OS. The third-order valence-corrected chi connectivity index (χ3v) is 6.02. The molecular weight excluding hydrogens is 390 g/mol. The lowest BCUT2D eigenvalue weighted by molar-refractivity contribution is 0.0695. The molecule has 1 amide bonds. The SMILES string of the molecule is O=C(c1cccs1)N1Cc2ccccc2-n2cccc2[C@@H]1c1cc(F)cc(F)c1. The zero-order chi connectivity index (χ0) is 20.0. The van der Waals surface area contributed by atoms with E-state index >= 15 is 0 Å². The van der Waals surface area contributed by atoms with Crippen molar-refractivity contribution < 1.29 is 13.6 Å². The van der Waals surface area contributed by atoms with E-state index in [1.807, 2.05) is 58.6 Å². The summed E-state index contributed by atoms with van der Waals surface area (Å²) in [6, 6.07) is 18.0. The topological polar surface area (TPSA) is 25.2 Å². The van der Waals surface area contributed by atoms with Crippen LogP contribution in [0.15, 0.2) is 78.3 Å². The minimum atomic E-state index is -0.664. The highest BCUT2D eigenvalue weighted by molar-refractivity contribution is 7.12. The van der Waals surface area contributed by atoms with Crippen LogP contribution in [0.4, 0.5) is 8.78 Å². The first-order chi connectivity index (χ1) is 14.1. The number of para-hydroxylation sites is 1. The summed E-state index contributed by atoms with van der Waals surface area (Å²) in [6.45, 7) is 0.331. The molecule has 0 fully saturated rings. The van der Waals surface area contributed by atoms with Gasteiger partial charge in [0.15, 0.2) is 0 Å². The van der Waals surface area contributed by atoms with Gasteiger partial charge in [0.1, 0.15) is 11.6 Å².